The van der Waals surface area contributed by atoms with Crippen LogP contribution in [0.25, 0.3) is 0 Å². The summed E-state index contributed by atoms with van der Waals surface area (Å²) in [6.07, 6.45) is 0. The maximum absolute atomic E-state index is 9.40. The summed E-state index contributed by atoms with van der Waals surface area (Å²) in [6.45, 7) is 0.410. The van der Waals surface area contributed by atoms with E-state index >= 15 is 0 Å². The number of hydrogen-bond donors (Lipinski definition) is 0. The topological polar surface area (TPSA) is 64.6 Å². The van der Waals surface area contributed by atoms with E-state index in [1.807, 2.05) is 0 Å². The molecule has 11 heavy (non-hydrogen) atoms. The molecule has 0 amide bonds. The van der Waals surface area contributed by atoms with Crippen LogP contribution in [0.2, 0.25) is 0 Å². The molecule has 0 bridgehead atoms. The predicted molar refractivity (Wildman–Crippen MR) is 33.5 cm³/mol. The van der Waals surface area contributed by atoms with Crippen LogP contribution in [0.5, 0.6) is 0 Å². The Morgan fingerprint density at radius 2 is 1.18 bits per heavy atom. The molecule has 0 N–H and O–H groups in total. The Kier molecular flexibility index (Phi) is 35.6. The van der Waals surface area contributed by atoms with Gasteiger partial charge in [-0.1, -0.05) is 0 Å². The fraction of sp³-hybridized carbons (Fsp3) is 1.00. The molecular formula is C6H14NiO4. The first kappa shape index (κ1) is 17.4. The van der Waals surface area contributed by atoms with E-state index in [2.05, 4.69) is 9.47 Å². The van der Waals surface area contributed by atoms with Crippen LogP contribution in [0.4, 0.5) is 0 Å². The van der Waals surface area contributed by atoms with E-state index in [4.69, 9.17) is 0 Å². The van der Waals surface area contributed by atoms with E-state index < -0.39 is 0 Å². The molecule has 0 atom stereocenters. The summed E-state index contributed by atoms with van der Waals surface area (Å²) in [5.41, 5.74) is 0. The van der Waals surface area contributed by atoms with Crippen molar-refractivity contribution < 1.29 is 36.2 Å². The van der Waals surface area contributed by atoms with Crippen molar-refractivity contribution in [1.82, 2.24) is 0 Å². The molecule has 0 radical (unpaired) electrons. The molecule has 0 aliphatic carbocycles. The summed E-state index contributed by atoms with van der Waals surface area (Å²) >= 11 is 0. The van der Waals surface area contributed by atoms with Gasteiger partial charge in [0.2, 0.25) is 0 Å². The quantitative estimate of drug-likeness (QED) is 0.501. The second-order valence-electron chi connectivity index (χ2n) is 1.39. The van der Waals surface area contributed by atoms with Gasteiger partial charge in [0.05, 0.1) is 0 Å². The molecule has 0 aromatic heterocycles. The Morgan fingerprint density at radius 3 is 1.18 bits per heavy atom. The van der Waals surface area contributed by atoms with Gasteiger partial charge in [0.1, 0.15) is 0 Å². The second-order valence-corrected chi connectivity index (χ2v) is 1.39. The van der Waals surface area contributed by atoms with Crippen LogP contribution in [-0.2, 0) is 26.0 Å². The van der Waals surface area contributed by atoms with E-state index in [1.165, 1.54) is 14.2 Å². The third-order valence-corrected chi connectivity index (χ3v) is 0.575. The monoisotopic (exact) mass is 208 g/mol. The minimum absolute atomic E-state index is 0. The van der Waals surface area contributed by atoms with Gasteiger partial charge in [-0.2, -0.15) is 0 Å². The first-order valence-corrected chi connectivity index (χ1v) is 2.97. The molecule has 0 spiro atoms. The van der Waals surface area contributed by atoms with E-state index in [0.29, 0.717) is 13.2 Å². The number of methoxy groups -OCH3 is 2. The zero-order chi connectivity index (χ0) is 8.24. The molecule has 5 heteroatoms. The molecule has 0 aromatic carbocycles. The minimum Gasteiger partial charge on any atom is -0.853 e. The average molecular weight is 209 g/mol. The van der Waals surface area contributed by atoms with Gasteiger partial charge in [-0.05, 0) is 0 Å². The van der Waals surface area contributed by atoms with Gasteiger partial charge in [-0.3, -0.25) is 0 Å². The zero-order valence-corrected chi connectivity index (χ0v) is 7.77. The molecule has 0 saturated heterocycles. The van der Waals surface area contributed by atoms with Crippen LogP contribution in [-0.4, -0.2) is 40.6 Å². The second kappa shape index (κ2) is 22.4. The molecule has 4 nitrogen and oxygen atoms in total. The van der Waals surface area contributed by atoms with Crippen molar-refractivity contribution in [3.05, 3.63) is 0 Å². The number of hydrogen-bond acceptors (Lipinski definition) is 4. The molecule has 0 aliphatic heterocycles. The summed E-state index contributed by atoms with van der Waals surface area (Å²) in [6, 6.07) is 0. The molecular weight excluding hydrogens is 195 g/mol. The molecule has 0 saturated carbocycles. The third-order valence-electron chi connectivity index (χ3n) is 0.575. The average Bonchev–Trinajstić information content (AvgIpc) is 1.93. The SMILES string of the molecule is COCC[O-].COCC[O-].[Ni+2]. The molecule has 0 aliphatic rings. The van der Waals surface area contributed by atoms with Gasteiger partial charge in [0, 0.05) is 27.4 Å². The van der Waals surface area contributed by atoms with Crippen LogP contribution in [0, 0.1) is 0 Å². The number of rotatable bonds is 4. The molecule has 72 valence electrons. The number of ether oxygens (including phenoxy) is 2. The van der Waals surface area contributed by atoms with Crippen LogP contribution in [0.3, 0.4) is 0 Å². The van der Waals surface area contributed by atoms with E-state index in [-0.39, 0.29) is 29.7 Å². The van der Waals surface area contributed by atoms with Crippen molar-refractivity contribution in [3.8, 4) is 0 Å². The van der Waals surface area contributed by atoms with E-state index in [1.54, 1.807) is 0 Å². The Labute approximate surface area is 77.4 Å². The van der Waals surface area contributed by atoms with Crippen LogP contribution in [0.15, 0.2) is 0 Å². The first-order valence-electron chi connectivity index (χ1n) is 2.97. The molecule has 0 heterocycles. The normalized spacial score (nSPS) is 7.64. The molecule has 0 unspecified atom stereocenters. The maximum Gasteiger partial charge on any atom is 2.00 e. The van der Waals surface area contributed by atoms with Gasteiger partial charge in [0.25, 0.3) is 0 Å². The van der Waals surface area contributed by atoms with Crippen LogP contribution < -0.4 is 10.2 Å². The summed E-state index contributed by atoms with van der Waals surface area (Å²) in [5.74, 6) is 0. The first-order chi connectivity index (χ1) is 4.83. The van der Waals surface area contributed by atoms with Crippen molar-refractivity contribution in [3.63, 3.8) is 0 Å². The molecule has 0 aromatic rings. The third kappa shape index (κ3) is 38.2. The zero-order valence-electron chi connectivity index (χ0n) is 6.78. The van der Waals surface area contributed by atoms with Gasteiger partial charge in [-0.25, -0.2) is 0 Å². The fourth-order valence-electron chi connectivity index (χ4n) is 0.167. The summed E-state index contributed by atoms with van der Waals surface area (Å²) in [4.78, 5) is 0. The Hall–Kier alpha value is 0.334. The minimum atomic E-state index is -0.128. The maximum atomic E-state index is 9.40. The molecule has 0 rings (SSSR count). The van der Waals surface area contributed by atoms with Crippen molar-refractivity contribution in [2.24, 2.45) is 0 Å². The van der Waals surface area contributed by atoms with Gasteiger partial charge in [-0.15, -0.1) is 13.2 Å². The van der Waals surface area contributed by atoms with E-state index in [9.17, 15) is 10.2 Å². The smallest absolute Gasteiger partial charge is 0.853 e. The predicted octanol–water partition coefficient (Wildman–Crippen LogP) is -2.02. The Morgan fingerprint density at radius 1 is 0.909 bits per heavy atom. The van der Waals surface area contributed by atoms with Crippen LogP contribution in [0.1, 0.15) is 0 Å². The Balaban J connectivity index is -0.000000107. The van der Waals surface area contributed by atoms with Crippen LogP contribution >= 0.6 is 0 Å². The summed E-state index contributed by atoms with van der Waals surface area (Å²) in [7, 11) is 3.02. The van der Waals surface area contributed by atoms with Gasteiger partial charge >= 0.3 is 16.5 Å². The van der Waals surface area contributed by atoms with Gasteiger partial charge < -0.3 is 19.7 Å². The fourth-order valence-corrected chi connectivity index (χ4v) is 0.167. The Bertz CT molecular complexity index is 35.6. The van der Waals surface area contributed by atoms with Crippen molar-refractivity contribution in [2.45, 2.75) is 0 Å². The van der Waals surface area contributed by atoms with Crippen molar-refractivity contribution >= 4 is 0 Å². The molecule has 0 fully saturated rings. The summed E-state index contributed by atoms with van der Waals surface area (Å²) in [5, 5.41) is 18.8. The van der Waals surface area contributed by atoms with Crippen molar-refractivity contribution in [1.29, 1.82) is 0 Å². The standard InChI is InChI=1S/2C3H7O2.Ni/c2*1-5-3-2-4;/h2*2-3H2,1H3;/q2*-1;+2. The largest absolute Gasteiger partial charge is 2.00 e. The van der Waals surface area contributed by atoms with Crippen molar-refractivity contribution in [2.75, 3.05) is 40.6 Å². The van der Waals surface area contributed by atoms with E-state index in [0.717, 1.165) is 0 Å². The van der Waals surface area contributed by atoms with Gasteiger partial charge in [0.15, 0.2) is 0 Å². The summed E-state index contributed by atoms with van der Waals surface area (Å²) < 4.78 is 8.76.